The Morgan fingerprint density at radius 3 is 2.82 bits per heavy atom. The first-order valence-corrected chi connectivity index (χ1v) is 6.21. The van der Waals surface area contributed by atoms with Crippen molar-refractivity contribution in [2.24, 2.45) is 0 Å². The number of nitrogens with two attached hydrogens (primary N) is 1. The fourth-order valence-electron chi connectivity index (χ4n) is 2.56. The van der Waals surface area contributed by atoms with Gasteiger partial charge >= 0.3 is 0 Å². The van der Waals surface area contributed by atoms with Crippen molar-refractivity contribution in [1.29, 1.82) is 0 Å². The fraction of sp³-hybridized carbons (Fsp3) is 0.615. The molecule has 4 nitrogen and oxygen atoms in total. The maximum absolute atomic E-state index is 10.6. The van der Waals surface area contributed by atoms with Crippen LogP contribution in [0.25, 0.3) is 0 Å². The van der Waals surface area contributed by atoms with E-state index in [1.54, 1.807) is 18.5 Å². The molecule has 0 saturated heterocycles. The molecule has 94 valence electrons. The third-order valence-corrected chi connectivity index (χ3v) is 3.79. The van der Waals surface area contributed by atoms with Crippen LogP contribution in [-0.4, -0.2) is 28.8 Å². The van der Waals surface area contributed by atoms with Crippen molar-refractivity contribution in [3.63, 3.8) is 0 Å². The van der Waals surface area contributed by atoms with Crippen molar-refractivity contribution in [2.75, 3.05) is 12.8 Å². The van der Waals surface area contributed by atoms with Crippen LogP contribution >= 0.6 is 0 Å². The molecule has 4 N–H and O–H groups in total. The maximum atomic E-state index is 10.6. The minimum absolute atomic E-state index is 0.543. The monoisotopic (exact) mass is 235 g/mol. The van der Waals surface area contributed by atoms with Gasteiger partial charge in [-0.25, -0.2) is 0 Å². The smallest absolute Gasteiger partial charge is 0.0690 e. The maximum Gasteiger partial charge on any atom is 0.0690 e. The number of aromatic nitrogens is 1. The van der Waals surface area contributed by atoms with Crippen molar-refractivity contribution in [1.82, 2.24) is 10.3 Å². The average molecular weight is 235 g/mol. The number of nitrogens with zero attached hydrogens (tertiary/aromatic N) is 1. The van der Waals surface area contributed by atoms with Crippen molar-refractivity contribution >= 4 is 5.69 Å². The van der Waals surface area contributed by atoms with E-state index in [1.165, 1.54) is 0 Å². The molecule has 0 radical (unpaired) electrons. The van der Waals surface area contributed by atoms with E-state index in [-0.39, 0.29) is 0 Å². The highest BCUT2D eigenvalue weighted by Crippen LogP contribution is 2.32. The first-order valence-electron chi connectivity index (χ1n) is 6.21. The zero-order valence-corrected chi connectivity index (χ0v) is 10.3. The lowest BCUT2D eigenvalue weighted by molar-refractivity contribution is -0.00235. The molecule has 1 aromatic heterocycles. The van der Waals surface area contributed by atoms with E-state index in [0.29, 0.717) is 12.5 Å². The van der Waals surface area contributed by atoms with Gasteiger partial charge < -0.3 is 16.2 Å². The number of pyridine rings is 1. The van der Waals surface area contributed by atoms with Gasteiger partial charge in [-0.3, -0.25) is 4.98 Å². The Morgan fingerprint density at radius 1 is 1.53 bits per heavy atom. The summed E-state index contributed by atoms with van der Waals surface area (Å²) in [6, 6.07) is 2.33. The topological polar surface area (TPSA) is 71.2 Å². The van der Waals surface area contributed by atoms with E-state index in [4.69, 9.17) is 5.73 Å². The number of hydrogen-bond acceptors (Lipinski definition) is 4. The molecule has 0 spiro atoms. The predicted molar refractivity (Wildman–Crippen MR) is 68.6 cm³/mol. The molecule has 1 saturated carbocycles. The minimum atomic E-state index is -0.607. The van der Waals surface area contributed by atoms with E-state index < -0.39 is 5.60 Å². The van der Waals surface area contributed by atoms with Gasteiger partial charge in [-0.05, 0) is 44.4 Å². The summed E-state index contributed by atoms with van der Waals surface area (Å²) in [7, 11) is 1.98. The zero-order chi connectivity index (χ0) is 12.3. The first-order chi connectivity index (χ1) is 8.13. The molecule has 0 aromatic carbocycles. The van der Waals surface area contributed by atoms with Gasteiger partial charge in [-0.1, -0.05) is 0 Å². The van der Waals surface area contributed by atoms with Gasteiger partial charge in [-0.2, -0.15) is 0 Å². The summed E-state index contributed by atoms with van der Waals surface area (Å²) < 4.78 is 0. The van der Waals surface area contributed by atoms with Crippen LogP contribution in [0.1, 0.15) is 31.2 Å². The molecule has 0 amide bonds. The van der Waals surface area contributed by atoms with Gasteiger partial charge in [0.15, 0.2) is 0 Å². The molecule has 17 heavy (non-hydrogen) atoms. The lowest BCUT2D eigenvalue weighted by atomic mass is 9.78. The molecule has 1 aliphatic rings. The second-order valence-electron chi connectivity index (χ2n) is 5.04. The van der Waals surface area contributed by atoms with Crippen molar-refractivity contribution < 1.29 is 5.11 Å². The number of nitrogens with one attached hydrogen (secondary N) is 1. The van der Waals surface area contributed by atoms with E-state index in [0.717, 1.165) is 36.9 Å². The van der Waals surface area contributed by atoms with Crippen LogP contribution < -0.4 is 11.1 Å². The molecule has 1 aromatic rings. The molecular formula is C13H21N3O. The molecule has 0 bridgehead atoms. The summed E-state index contributed by atoms with van der Waals surface area (Å²) in [5, 5.41) is 13.8. The summed E-state index contributed by atoms with van der Waals surface area (Å²) >= 11 is 0. The summed E-state index contributed by atoms with van der Waals surface area (Å²) in [6.07, 6.45) is 7.75. The SMILES string of the molecule is CNC1CCC(O)(Cc2cnccc2N)CC1. The number of hydrogen-bond donors (Lipinski definition) is 3. The van der Waals surface area contributed by atoms with E-state index in [9.17, 15) is 5.11 Å². The van der Waals surface area contributed by atoms with E-state index in [1.807, 2.05) is 7.05 Å². The Morgan fingerprint density at radius 2 is 2.24 bits per heavy atom. The number of anilines is 1. The first kappa shape index (κ1) is 12.3. The van der Waals surface area contributed by atoms with Crippen LogP contribution in [-0.2, 0) is 6.42 Å². The van der Waals surface area contributed by atoms with Gasteiger partial charge in [0.1, 0.15) is 0 Å². The number of rotatable bonds is 3. The molecular weight excluding hydrogens is 214 g/mol. The van der Waals surface area contributed by atoms with Crippen LogP contribution in [0.3, 0.4) is 0 Å². The highest BCUT2D eigenvalue weighted by molar-refractivity contribution is 5.45. The lowest BCUT2D eigenvalue weighted by Gasteiger charge is -2.36. The predicted octanol–water partition coefficient (Wildman–Crippen LogP) is 1.10. The third kappa shape index (κ3) is 2.96. The third-order valence-electron chi connectivity index (χ3n) is 3.79. The molecule has 0 aliphatic heterocycles. The Bertz CT molecular complexity index is 373. The van der Waals surface area contributed by atoms with Gasteiger partial charge in [0.05, 0.1) is 5.60 Å². The van der Waals surface area contributed by atoms with Crippen molar-refractivity contribution in [3.8, 4) is 0 Å². The van der Waals surface area contributed by atoms with Gasteiger partial charge in [0.2, 0.25) is 0 Å². The molecule has 0 atom stereocenters. The second-order valence-corrected chi connectivity index (χ2v) is 5.04. The molecule has 4 heteroatoms. The molecule has 0 unspecified atom stereocenters. The van der Waals surface area contributed by atoms with E-state index in [2.05, 4.69) is 10.3 Å². The van der Waals surface area contributed by atoms with Gasteiger partial charge in [0, 0.05) is 30.5 Å². The van der Waals surface area contributed by atoms with E-state index >= 15 is 0 Å². The van der Waals surface area contributed by atoms with Crippen LogP contribution in [0.5, 0.6) is 0 Å². The lowest BCUT2D eigenvalue weighted by Crippen LogP contribution is -2.41. The normalized spacial score (nSPS) is 29.2. The van der Waals surface area contributed by atoms with Gasteiger partial charge in [0.25, 0.3) is 0 Å². The minimum Gasteiger partial charge on any atom is -0.398 e. The molecule has 1 fully saturated rings. The Balaban J connectivity index is 2.01. The van der Waals surface area contributed by atoms with Crippen LogP contribution in [0.15, 0.2) is 18.5 Å². The molecule has 1 heterocycles. The second kappa shape index (κ2) is 5.02. The number of nitrogen functional groups attached to an aromatic ring is 1. The summed E-state index contributed by atoms with van der Waals surface area (Å²) in [6.45, 7) is 0. The fourth-order valence-corrected chi connectivity index (χ4v) is 2.56. The van der Waals surface area contributed by atoms with Crippen LogP contribution in [0.2, 0.25) is 0 Å². The Labute approximate surface area is 102 Å². The average Bonchev–Trinajstić information content (AvgIpc) is 2.33. The summed E-state index contributed by atoms with van der Waals surface area (Å²) in [5.74, 6) is 0. The number of aliphatic hydroxyl groups is 1. The molecule has 1 aliphatic carbocycles. The highest BCUT2D eigenvalue weighted by Gasteiger charge is 2.33. The zero-order valence-electron chi connectivity index (χ0n) is 10.3. The van der Waals surface area contributed by atoms with Crippen LogP contribution in [0, 0.1) is 0 Å². The molecule has 2 rings (SSSR count). The van der Waals surface area contributed by atoms with Crippen LogP contribution in [0.4, 0.5) is 5.69 Å². The highest BCUT2D eigenvalue weighted by atomic mass is 16.3. The van der Waals surface area contributed by atoms with Crippen molar-refractivity contribution in [3.05, 3.63) is 24.0 Å². The standard InChI is InChI=1S/C13H21N3O/c1-15-11-2-5-13(17,6-3-11)8-10-9-16-7-4-12(10)14/h4,7,9,11,15,17H,2-3,5-6,8H2,1H3,(H2,14,16). The Kier molecular flexibility index (Phi) is 3.64. The van der Waals surface area contributed by atoms with Crippen molar-refractivity contribution in [2.45, 2.75) is 43.7 Å². The quantitative estimate of drug-likeness (QED) is 0.733. The Hall–Kier alpha value is -1.13. The summed E-state index contributed by atoms with van der Waals surface area (Å²) in [4.78, 5) is 4.07. The summed E-state index contributed by atoms with van der Waals surface area (Å²) in [5.41, 5.74) is 6.96. The largest absolute Gasteiger partial charge is 0.398 e. The van der Waals surface area contributed by atoms with Gasteiger partial charge in [-0.15, -0.1) is 0 Å².